The number of pyridine rings is 1. The molecule has 4 rings (SSSR count). The van der Waals surface area contributed by atoms with Gasteiger partial charge in [-0.05, 0) is 30.2 Å². The third kappa shape index (κ3) is 5.99. The standard InChI is InChI=1S/C23H26N6O2/c1-18-6-2-3-7-19(18)17-25-28-21-16-22(29-11-14-30-15-12-29)27-23(26-21)31-13-9-20-8-4-5-10-24-20/h2-8,10,16-17H,9,11-15H2,1H3,(H,26,27,28). The lowest BCUT2D eigenvalue weighted by molar-refractivity contribution is 0.122. The number of nitrogens with one attached hydrogen (secondary N) is 1. The number of hydrogen-bond donors (Lipinski definition) is 1. The topological polar surface area (TPSA) is 84.8 Å². The molecule has 1 saturated heterocycles. The molecule has 0 bridgehead atoms. The van der Waals surface area contributed by atoms with Crippen molar-refractivity contribution in [2.24, 2.45) is 5.10 Å². The van der Waals surface area contributed by atoms with Crippen molar-refractivity contribution in [1.82, 2.24) is 15.0 Å². The third-order valence-corrected chi connectivity index (χ3v) is 4.91. The minimum atomic E-state index is 0.313. The smallest absolute Gasteiger partial charge is 0.320 e. The van der Waals surface area contributed by atoms with Crippen LogP contribution in [0.5, 0.6) is 6.01 Å². The second-order valence-electron chi connectivity index (χ2n) is 7.14. The van der Waals surface area contributed by atoms with E-state index in [0.29, 0.717) is 38.1 Å². The van der Waals surface area contributed by atoms with Gasteiger partial charge in [-0.15, -0.1) is 0 Å². The summed E-state index contributed by atoms with van der Waals surface area (Å²) in [5.41, 5.74) is 6.18. The Morgan fingerprint density at radius 3 is 2.77 bits per heavy atom. The van der Waals surface area contributed by atoms with Crippen molar-refractivity contribution in [2.45, 2.75) is 13.3 Å². The Kier molecular flexibility index (Phi) is 7.02. The normalized spacial score (nSPS) is 14.0. The zero-order valence-electron chi connectivity index (χ0n) is 17.6. The van der Waals surface area contributed by atoms with Crippen molar-refractivity contribution < 1.29 is 9.47 Å². The van der Waals surface area contributed by atoms with E-state index in [0.717, 1.165) is 35.7 Å². The van der Waals surface area contributed by atoms with Crippen LogP contribution >= 0.6 is 0 Å². The molecule has 1 aromatic carbocycles. The predicted octanol–water partition coefficient (Wildman–Crippen LogP) is 3.08. The molecule has 0 radical (unpaired) electrons. The van der Waals surface area contributed by atoms with Gasteiger partial charge in [0.15, 0.2) is 5.82 Å². The fourth-order valence-corrected chi connectivity index (χ4v) is 3.18. The summed E-state index contributed by atoms with van der Waals surface area (Å²) in [7, 11) is 0. The second kappa shape index (κ2) is 10.5. The lowest BCUT2D eigenvalue weighted by Gasteiger charge is -2.28. The van der Waals surface area contributed by atoms with E-state index in [1.54, 1.807) is 12.4 Å². The summed E-state index contributed by atoms with van der Waals surface area (Å²) in [5, 5.41) is 4.35. The SMILES string of the molecule is Cc1ccccc1C=NNc1cc(N2CCOCC2)nc(OCCc2ccccn2)n1. The Morgan fingerprint density at radius 2 is 1.97 bits per heavy atom. The number of morpholine rings is 1. The minimum absolute atomic E-state index is 0.313. The van der Waals surface area contributed by atoms with Crippen molar-refractivity contribution >= 4 is 17.9 Å². The largest absolute Gasteiger partial charge is 0.463 e. The minimum Gasteiger partial charge on any atom is -0.463 e. The van der Waals surface area contributed by atoms with E-state index in [4.69, 9.17) is 9.47 Å². The number of aryl methyl sites for hydroxylation is 1. The number of benzene rings is 1. The molecule has 8 nitrogen and oxygen atoms in total. The van der Waals surface area contributed by atoms with Crippen molar-refractivity contribution in [1.29, 1.82) is 0 Å². The molecule has 0 saturated carbocycles. The second-order valence-corrected chi connectivity index (χ2v) is 7.14. The van der Waals surface area contributed by atoms with Crippen LogP contribution in [0.15, 0.2) is 59.8 Å². The van der Waals surface area contributed by atoms with Gasteiger partial charge in [0.1, 0.15) is 5.82 Å². The number of aromatic nitrogens is 3. The van der Waals surface area contributed by atoms with Gasteiger partial charge in [0.2, 0.25) is 0 Å². The van der Waals surface area contributed by atoms with Crippen molar-refractivity contribution in [2.75, 3.05) is 43.2 Å². The highest BCUT2D eigenvalue weighted by atomic mass is 16.5. The number of rotatable bonds is 8. The van der Waals surface area contributed by atoms with E-state index in [2.05, 4.69) is 43.4 Å². The fourth-order valence-electron chi connectivity index (χ4n) is 3.18. The first kappa shape index (κ1) is 20.7. The molecule has 0 atom stereocenters. The average Bonchev–Trinajstić information content (AvgIpc) is 2.82. The zero-order valence-corrected chi connectivity index (χ0v) is 17.6. The Labute approximate surface area is 182 Å². The van der Waals surface area contributed by atoms with Gasteiger partial charge in [0.25, 0.3) is 0 Å². The monoisotopic (exact) mass is 418 g/mol. The van der Waals surface area contributed by atoms with Crippen LogP contribution < -0.4 is 15.1 Å². The maximum absolute atomic E-state index is 5.85. The van der Waals surface area contributed by atoms with Crippen LogP contribution in [0.2, 0.25) is 0 Å². The average molecular weight is 419 g/mol. The summed E-state index contributed by atoms with van der Waals surface area (Å²) in [6.07, 6.45) is 4.24. The molecule has 3 heterocycles. The molecule has 0 spiro atoms. The number of ether oxygens (including phenoxy) is 2. The number of anilines is 2. The highest BCUT2D eigenvalue weighted by Crippen LogP contribution is 2.21. The first-order chi connectivity index (χ1) is 15.3. The Bertz CT molecular complexity index is 1010. The van der Waals surface area contributed by atoms with Crippen LogP contribution in [0.1, 0.15) is 16.8 Å². The zero-order chi connectivity index (χ0) is 21.3. The summed E-state index contributed by atoms with van der Waals surface area (Å²) in [5.74, 6) is 1.37. The van der Waals surface area contributed by atoms with E-state index in [-0.39, 0.29) is 0 Å². The lowest BCUT2D eigenvalue weighted by atomic mass is 10.1. The van der Waals surface area contributed by atoms with Crippen molar-refractivity contribution in [3.63, 3.8) is 0 Å². The molecule has 0 amide bonds. The van der Waals surface area contributed by atoms with E-state index < -0.39 is 0 Å². The van der Waals surface area contributed by atoms with E-state index >= 15 is 0 Å². The molecular weight excluding hydrogens is 392 g/mol. The van der Waals surface area contributed by atoms with Crippen LogP contribution in [0, 0.1) is 6.92 Å². The molecule has 1 fully saturated rings. The quantitative estimate of drug-likeness (QED) is 0.444. The van der Waals surface area contributed by atoms with Gasteiger partial charge >= 0.3 is 6.01 Å². The highest BCUT2D eigenvalue weighted by molar-refractivity contribution is 5.82. The Hall–Kier alpha value is -3.52. The molecule has 0 aliphatic carbocycles. The molecule has 1 aliphatic heterocycles. The Balaban J connectivity index is 1.47. The first-order valence-corrected chi connectivity index (χ1v) is 10.4. The number of hydrogen-bond acceptors (Lipinski definition) is 8. The van der Waals surface area contributed by atoms with Crippen molar-refractivity contribution in [3.8, 4) is 6.01 Å². The van der Waals surface area contributed by atoms with Gasteiger partial charge in [-0.2, -0.15) is 15.1 Å². The first-order valence-electron chi connectivity index (χ1n) is 10.4. The molecule has 3 aromatic rings. The van der Waals surface area contributed by atoms with Gasteiger partial charge in [-0.3, -0.25) is 10.4 Å². The molecular formula is C23H26N6O2. The van der Waals surface area contributed by atoms with Crippen LogP contribution in [0.3, 0.4) is 0 Å². The maximum atomic E-state index is 5.85. The van der Waals surface area contributed by atoms with Gasteiger partial charge in [-0.25, -0.2) is 0 Å². The third-order valence-electron chi connectivity index (χ3n) is 4.91. The summed E-state index contributed by atoms with van der Waals surface area (Å²) in [6.45, 7) is 5.39. The van der Waals surface area contributed by atoms with Crippen LogP contribution in [-0.2, 0) is 11.2 Å². The van der Waals surface area contributed by atoms with Gasteiger partial charge in [-0.1, -0.05) is 30.3 Å². The van der Waals surface area contributed by atoms with Crippen LogP contribution in [0.25, 0.3) is 0 Å². The summed E-state index contributed by atoms with van der Waals surface area (Å²) < 4.78 is 11.3. The van der Waals surface area contributed by atoms with Gasteiger partial charge < -0.3 is 14.4 Å². The van der Waals surface area contributed by atoms with E-state index in [1.165, 1.54) is 0 Å². The molecule has 31 heavy (non-hydrogen) atoms. The predicted molar refractivity (Wildman–Crippen MR) is 121 cm³/mol. The fraction of sp³-hybridized carbons (Fsp3) is 0.304. The molecule has 0 unspecified atom stereocenters. The summed E-state index contributed by atoms with van der Waals surface area (Å²) in [6, 6.07) is 16.1. The van der Waals surface area contributed by atoms with Gasteiger partial charge in [0, 0.05) is 37.5 Å². The van der Waals surface area contributed by atoms with E-state index in [1.807, 2.05) is 42.5 Å². The summed E-state index contributed by atoms with van der Waals surface area (Å²) >= 11 is 0. The molecule has 160 valence electrons. The molecule has 2 aromatic heterocycles. The Morgan fingerprint density at radius 1 is 1.13 bits per heavy atom. The highest BCUT2D eigenvalue weighted by Gasteiger charge is 2.15. The van der Waals surface area contributed by atoms with E-state index in [9.17, 15) is 0 Å². The molecule has 1 aliphatic rings. The van der Waals surface area contributed by atoms with Crippen LogP contribution in [-0.4, -0.2) is 54.1 Å². The van der Waals surface area contributed by atoms with Gasteiger partial charge in [0.05, 0.1) is 26.0 Å². The van der Waals surface area contributed by atoms with Crippen LogP contribution in [0.4, 0.5) is 11.6 Å². The number of nitrogens with zero attached hydrogens (tertiary/aromatic N) is 5. The summed E-state index contributed by atoms with van der Waals surface area (Å²) in [4.78, 5) is 15.6. The molecule has 8 heteroatoms. The maximum Gasteiger partial charge on any atom is 0.320 e. The lowest BCUT2D eigenvalue weighted by Crippen LogP contribution is -2.36. The number of hydrazone groups is 1. The van der Waals surface area contributed by atoms with Crippen molar-refractivity contribution in [3.05, 3.63) is 71.5 Å². The molecule has 1 N–H and O–H groups in total.